The molecule has 0 saturated carbocycles. The standard InChI is InChI=1S/C11H7BrFNO/c12-10-5-7(13)4-9-6(3-11(14)15)1-2-8(9)10/h1-5H,(H2,14,15)/b6-3+. The second-order valence-corrected chi connectivity index (χ2v) is 4.04. The third kappa shape index (κ3) is 1.85. The van der Waals surface area contributed by atoms with Crippen LogP contribution in [0.4, 0.5) is 4.39 Å². The van der Waals surface area contributed by atoms with Crippen molar-refractivity contribution in [2.24, 2.45) is 5.73 Å². The first-order valence-corrected chi connectivity index (χ1v) is 5.06. The molecule has 15 heavy (non-hydrogen) atoms. The minimum atomic E-state index is -0.539. The van der Waals surface area contributed by atoms with E-state index in [1.165, 1.54) is 18.2 Å². The molecule has 1 aliphatic carbocycles. The van der Waals surface area contributed by atoms with Crippen LogP contribution in [0.15, 0.2) is 28.8 Å². The van der Waals surface area contributed by atoms with E-state index in [1.54, 1.807) is 6.08 Å². The number of carbonyl (C=O) groups is 1. The zero-order chi connectivity index (χ0) is 11.0. The van der Waals surface area contributed by atoms with Gasteiger partial charge in [-0.3, -0.25) is 4.79 Å². The number of amides is 1. The number of rotatable bonds is 1. The fourth-order valence-corrected chi connectivity index (χ4v) is 2.10. The molecule has 76 valence electrons. The predicted octanol–water partition coefficient (Wildman–Crippen LogP) is 2.48. The van der Waals surface area contributed by atoms with Gasteiger partial charge >= 0.3 is 0 Å². The zero-order valence-electron chi connectivity index (χ0n) is 7.63. The molecule has 1 aromatic rings. The van der Waals surface area contributed by atoms with Crippen molar-refractivity contribution in [3.63, 3.8) is 0 Å². The van der Waals surface area contributed by atoms with Gasteiger partial charge in [0.05, 0.1) is 0 Å². The fourth-order valence-electron chi connectivity index (χ4n) is 1.54. The highest BCUT2D eigenvalue weighted by molar-refractivity contribution is 9.10. The SMILES string of the molecule is NC(=O)/C=C1\C=Cc2c(Br)cc(F)cc21. The molecule has 0 bridgehead atoms. The maximum atomic E-state index is 13.1. The largest absolute Gasteiger partial charge is 0.366 e. The molecule has 0 fully saturated rings. The van der Waals surface area contributed by atoms with Crippen molar-refractivity contribution in [2.45, 2.75) is 0 Å². The van der Waals surface area contributed by atoms with Gasteiger partial charge in [0.2, 0.25) is 5.91 Å². The molecule has 0 saturated heterocycles. The third-order valence-electron chi connectivity index (χ3n) is 2.13. The Kier molecular flexibility index (Phi) is 2.44. The summed E-state index contributed by atoms with van der Waals surface area (Å²) in [6.45, 7) is 0. The summed E-state index contributed by atoms with van der Waals surface area (Å²) in [7, 11) is 0. The van der Waals surface area contributed by atoms with E-state index in [0.29, 0.717) is 15.6 Å². The second kappa shape index (κ2) is 3.62. The van der Waals surface area contributed by atoms with Crippen molar-refractivity contribution < 1.29 is 9.18 Å². The molecule has 0 radical (unpaired) electrons. The molecule has 0 atom stereocenters. The minimum Gasteiger partial charge on any atom is -0.366 e. The van der Waals surface area contributed by atoms with E-state index in [0.717, 1.165) is 5.56 Å². The number of nitrogens with two attached hydrogens (primary N) is 1. The Hall–Kier alpha value is -1.42. The molecule has 0 unspecified atom stereocenters. The van der Waals surface area contributed by atoms with Gasteiger partial charge in [0, 0.05) is 10.5 Å². The molecular weight excluding hydrogens is 261 g/mol. The van der Waals surface area contributed by atoms with E-state index in [1.807, 2.05) is 6.08 Å². The van der Waals surface area contributed by atoms with Crippen LogP contribution in [-0.2, 0) is 4.79 Å². The number of allylic oxidation sites excluding steroid dienone is 2. The third-order valence-corrected chi connectivity index (χ3v) is 2.79. The molecule has 2 nitrogen and oxygen atoms in total. The maximum absolute atomic E-state index is 13.1. The average Bonchev–Trinajstić information content (AvgIpc) is 2.48. The van der Waals surface area contributed by atoms with Gasteiger partial charge in [0.25, 0.3) is 0 Å². The van der Waals surface area contributed by atoms with Gasteiger partial charge in [0.15, 0.2) is 0 Å². The summed E-state index contributed by atoms with van der Waals surface area (Å²) < 4.78 is 13.8. The van der Waals surface area contributed by atoms with Gasteiger partial charge in [-0.1, -0.05) is 28.1 Å². The number of halogens is 2. The summed E-state index contributed by atoms with van der Waals surface area (Å²) in [4.78, 5) is 10.7. The lowest BCUT2D eigenvalue weighted by Crippen LogP contribution is -2.06. The monoisotopic (exact) mass is 267 g/mol. The Morgan fingerprint density at radius 3 is 2.80 bits per heavy atom. The fraction of sp³-hybridized carbons (Fsp3) is 0. The van der Waals surface area contributed by atoms with Crippen molar-refractivity contribution >= 4 is 33.5 Å². The summed E-state index contributed by atoms with van der Waals surface area (Å²) in [6.07, 6.45) is 4.83. The lowest BCUT2D eigenvalue weighted by molar-refractivity contribution is -0.113. The highest BCUT2D eigenvalue weighted by Gasteiger charge is 2.15. The summed E-state index contributed by atoms with van der Waals surface area (Å²) in [5, 5.41) is 0. The molecule has 0 spiro atoms. The van der Waals surface area contributed by atoms with E-state index < -0.39 is 5.91 Å². The summed E-state index contributed by atoms with van der Waals surface area (Å²) in [5.74, 6) is -0.887. The van der Waals surface area contributed by atoms with E-state index in [9.17, 15) is 9.18 Å². The average molecular weight is 268 g/mol. The van der Waals surface area contributed by atoms with Crippen molar-refractivity contribution in [3.8, 4) is 0 Å². The smallest absolute Gasteiger partial charge is 0.242 e. The molecule has 1 amide bonds. The van der Waals surface area contributed by atoms with E-state index in [4.69, 9.17) is 5.73 Å². The van der Waals surface area contributed by atoms with Crippen LogP contribution >= 0.6 is 15.9 Å². The summed E-state index contributed by atoms with van der Waals surface area (Å²) >= 11 is 3.26. The summed E-state index contributed by atoms with van der Waals surface area (Å²) in [6, 6.07) is 2.77. The van der Waals surface area contributed by atoms with Crippen LogP contribution in [0.1, 0.15) is 11.1 Å². The van der Waals surface area contributed by atoms with Crippen molar-refractivity contribution in [1.82, 2.24) is 0 Å². The van der Waals surface area contributed by atoms with Crippen LogP contribution in [0.2, 0.25) is 0 Å². The lowest BCUT2D eigenvalue weighted by Gasteiger charge is -2.03. The van der Waals surface area contributed by atoms with Crippen LogP contribution in [0, 0.1) is 5.82 Å². The Bertz CT molecular complexity index is 506. The maximum Gasteiger partial charge on any atom is 0.242 e. The lowest BCUT2D eigenvalue weighted by atomic mass is 10.1. The van der Waals surface area contributed by atoms with Crippen molar-refractivity contribution in [3.05, 3.63) is 45.7 Å². The quantitative estimate of drug-likeness (QED) is 0.781. The Morgan fingerprint density at radius 1 is 1.40 bits per heavy atom. The molecule has 1 aliphatic rings. The van der Waals surface area contributed by atoms with Crippen molar-refractivity contribution in [1.29, 1.82) is 0 Å². The van der Waals surface area contributed by atoms with Crippen LogP contribution in [0.5, 0.6) is 0 Å². The molecule has 0 aromatic heterocycles. The first-order valence-electron chi connectivity index (χ1n) is 4.26. The Morgan fingerprint density at radius 2 is 2.13 bits per heavy atom. The summed E-state index contributed by atoms with van der Waals surface area (Å²) in [5.41, 5.74) is 7.23. The predicted molar refractivity (Wildman–Crippen MR) is 60.3 cm³/mol. The normalized spacial score (nSPS) is 15.7. The van der Waals surface area contributed by atoms with Crippen LogP contribution in [0.3, 0.4) is 0 Å². The van der Waals surface area contributed by atoms with Gasteiger partial charge in [-0.2, -0.15) is 0 Å². The van der Waals surface area contributed by atoms with Crippen molar-refractivity contribution in [2.75, 3.05) is 0 Å². The second-order valence-electron chi connectivity index (χ2n) is 3.18. The Balaban J connectivity index is 2.60. The van der Waals surface area contributed by atoms with E-state index in [2.05, 4.69) is 15.9 Å². The molecule has 4 heteroatoms. The van der Waals surface area contributed by atoms with Crippen LogP contribution in [0.25, 0.3) is 11.6 Å². The zero-order valence-corrected chi connectivity index (χ0v) is 9.21. The number of carbonyl (C=O) groups excluding carboxylic acids is 1. The molecule has 2 N–H and O–H groups in total. The first-order chi connectivity index (χ1) is 7.08. The van der Waals surface area contributed by atoms with Gasteiger partial charge in [-0.25, -0.2) is 4.39 Å². The van der Waals surface area contributed by atoms with Gasteiger partial charge in [-0.15, -0.1) is 0 Å². The van der Waals surface area contributed by atoms with Gasteiger partial charge in [-0.05, 0) is 28.8 Å². The van der Waals surface area contributed by atoms with Crippen LogP contribution < -0.4 is 5.73 Å². The number of hydrogen-bond donors (Lipinski definition) is 1. The van der Waals surface area contributed by atoms with Gasteiger partial charge in [0.1, 0.15) is 5.82 Å². The van der Waals surface area contributed by atoms with Crippen LogP contribution in [-0.4, -0.2) is 5.91 Å². The molecule has 0 aliphatic heterocycles. The number of fused-ring (bicyclic) bond motifs is 1. The number of benzene rings is 1. The Labute approximate surface area is 94.4 Å². The van der Waals surface area contributed by atoms with Gasteiger partial charge < -0.3 is 5.73 Å². The molecule has 2 rings (SSSR count). The number of hydrogen-bond acceptors (Lipinski definition) is 1. The highest BCUT2D eigenvalue weighted by Crippen LogP contribution is 2.34. The molecule has 0 heterocycles. The topological polar surface area (TPSA) is 43.1 Å². The minimum absolute atomic E-state index is 0.348. The highest BCUT2D eigenvalue weighted by atomic mass is 79.9. The van der Waals surface area contributed by atoms with E-state index in [-0.39, 0.29) is 5.82 Å². The molecular formula is C11H7BrFNO. The number of primary amides is 1. The van der Waals surface area contributed by atoms with E-state index >= 15 is 0 Å². The molecule has 1 aromatic carbocycles. The first kappa shape index (κ1) is 10.1.